The molecule has 2 amide bonds. The fraction of sp³-hybridized carbons (Fsp3) is 0.630. The minimum absolute atomic E-state index is 0.102. The zero-order valence-corrected chi connectivity index (χ0v) is 20.9. The average Bonchev–Trinajstić information content (AvgIpc) is 3.33. The molecule has 2 heterocycles. The molecular weight excluding hydrogens is 412 g/mol. The number of aromatic nitrogens is 1. The summed E-state index contributed by atoms with van der Waals surface area (Å²) in [6.07, 6.45) is 8.20. The lowest BCUT2D eigenvalue weighted by Crippen LogP contribution is -2.51. The van der Waals surface area contributed by atoms with Crippen LogP contribution in [0.1, 0.15) is 69.7 Å². The van der Waals surface area contributed by atoms with Gasteiger partial charge in [-0.2, -0.15) is 0 Å². The molecule has 1 N–H and O–H groups in total. The molecule has 6 heteroatoms. The molecule has 1 aromatic carbocycles. The Hall–Kier alpha value is -2.34. The molecule has 6 nitrogen and oxygen atoms in total. The van der Waals surface area contributed by atoms with Gasteiger partial charge >= 0.3 is 0 Å². The number of aryl methyl sites for hydroxylation is 1. The first kappa shape index (κ1) is 23.8. The van der Waals surface area contributed by atoms with Crippen LogP contribution >= 0.6 is 0 Å². The van der Waals surface area contributed by atoms with E-state index in [9.17, 15) is 9.59 Å². The van der Waals surface area contributed by atoms with Crippen LogP contribution in [-0.2, 0) is 11.8 Å². The number of benzene rings is 1. The fourth-order valence-electron chi connectivity index (χ4n) is 6.03. The van der Waals surface area contributed by atoms with E-state index in [1.165, 1.54) is 0 Å². The third kappa shape index (κ3) is 4.68. The van der Waals surface area contributed by atoms with Gasteiger partial charge < -0.3 is 19.7 Å². The Morgan fingerprint density at radius 3 is 2.70 bits per heavy atom. The van der Waals surface area contributed by atoms with Crippen molar-refractivity contribution in [3.05, 3.63) is 36.0 Å². The number of hydrogen-bond acceptors (Lipinski definition) is 3. The lowest BCUT2D eigenvalue weighted by Gasteiger charge is -2.44. The van der Waals surface area contributed by atoms with Crippen molar-refractivity contribution in [1.82, 2.24) is 19.7 Å². The third-order valence-electron chi connectivity index (χ3n) is 8.05. The number of carbonyl (C=O) groups excluding carboxylic acids is 2. The van der Waals surface area contributed by atoms with Crippen molar-refractivity contribution in [1.29, 1.82) is 0 Å². The molecular formula is C27H40N4O2. The Morgan fingerprint density at radius 1 is 1.21 bits per heavy atom. The van der Waals surface area contributed by atoms with Crippen LogP contribution in [0, 0.1) is 5.92 Å². The van der Waals surface area contributed by atoms with Gasteiger partial charge in [-0.25, -0.2) is 0 Å². The SMILES string of the molecule is CCC[C@@H]1C[C@H](N(C)C(C)C)CC[C@@H]1N1CC[C@H](NC(=O)c2cn(C)c3ccccc23)C1=O. The standard InChI is InChI=1S/C27H40N4O2/c1-6-9-19-16-20(30(5)18(2)3)12-13-24(19)31-15-14-23(27(31)33)28-26(32)22-17-29(4)25-11-8-7-10-21(22)25/h7-8,10-11,17-20,23-24H,6,9,12-16H2,1-5H3,(H,28,32)/t19-,20-,23+,24+/m1/s1. The first-order valence-corrected chi connectivity index (χ1v) is 12.7. The maximum Gasteiger partial charge on any atom is 0.254 e. The van der Waals surface area contributed by atoms with Gasteiger partial charge in [-0.1, -0.05) is 31.5 Å². The summed E-state index contributed by atoms with van der Waals surface area (Å²) in [5.74, 6) is 0.483. The van der Waals surface area contributed by atoms with Crippen LogP contribution in [0.3, 0.4) is 0 Å². The van der Waals surface area contributed by atoms with E-state index in [4.69, 9.17) is 0 Å². The monoisotopic (exact) mass is 452 g/mol. The molecule has 0 radical (unpaired) electrons. The Balaban J connectivity index is 1.44. The number of para-hydroxylation sites is 1. The molecule has 180 valence electrons. The molecule has 2 aromatic rings. The zero-order chi connectivity index (χ0) is 23.7. The van der Waals surface area contributed by atoms with Crippen molar-refractivity contribution in [2.24, 2.45) is 13.0 Å². The summed E-state index contributed by atoms with van der Waals surface area (Å²) in [6, 6.07) is 8.91. The van der Waals surface area contributed by atoms with Crippen LogP contribution in [0.15, 0.2) is 30.5 Å². The van der Waals surface area contributed by atoms with Crippen molar-refractivity contribution in [3.63, 3.8) is 0 Å². The molecule has 1 aliphatic carbocycles. The Labute approximate surface area is 198 Å². The molecule has 1 aromatic heterocycles. The first-order valence-electron chi connectivity index (χ1n) is 12.7. The third-order valence-corrected chi connectivity index (χ3v) is 8.05. The van der Waals surface area contributed by atoms with Gasteiger partial charge in [0.05, 0.1) is 5.56 Å². The minimum atomic E-state index is -0.421. The molecule has 1 aliphatic heterocycles. The molecule has 4 rings (SSSR count). The van der Waals surface area contributed by atoms with Gasteiger partial charge in [0.15, 0.2) is 0 Å². The van der Waals surface area contributed by atoms with Crippen molar-refractivity contribution < 1.29 is 9.59 Å². The summed E-state index contributed by atoms with van der Waals surface area (Å²) < 4.78 is 1.97. The van der Waals surface area contributed by atoms with Gasteiger partial charge in [0.1, 0.15) is 6.04 Å². The highest BCUT2D eigenvalue weighted by atomic mass is 16.2. The number of rotatable bonds is 7. The van der Waals surface area contributed by atoms with Gasteiger partial charge in [0, 0.05) is 48.8 Å². The van der Waals surface area contributed by atoms with E-state index < -0.39 is 6.04 Å². The molecule has 33 heavy (non-hydrogen) atoms. The highest BCUT2D eigenvalue weighted by Gasteiger charge is 2.42. The lowest BCUT2D eigenvalue weighted by molar-refractivity contribution is -0.133. The van der Waals surface area contributed by atoms with Gasteiger partial charge in [-0.3, -0.25) is 9.59 Å². The van der Waals surface area contributed by atoms with Crippen molar-refractivity contribution in [2.75, 3.05) is 13.6 Å². The topological polar surface area (TPSA) is 57.6 Å². The number of amides is 2. The first-order chi connectivity index (χ1) is 15.8. The second kappa shape index (κ2) is 9.88. The fourth-order valence-corrected chi connectivity index (χ4v) is 6.03. The van der Waals surface area contributed by atoms with Gasteiger partial charge in [0.2, 0.25) is 5.91 Å². The maximum atomic E-state index is 13.4. The molecule has 2 fully saturated rings. The molecule has 0 bridgehead atoms. The van der Waals surface area contributed by atoms with Crippen LogP contribution in [0.2, 0.25) is 0 Å². The minimum Gasteiger partial charge on any atom is -0.350 e. The summed E-state index contributed by atoms with van der Waals surface area (Å²) in [7, 11) is 4.18. The predicted molar refractivity (Wildman–Crippen MR) is 133 cm³/mol. The number of nitrogens with one attached hydrogen (secondary N) is 1. The highest BCUT2D eigenvalue weighted by Crippen LogP contribution is 2.36. The van der Waals surface area contributed by atoms with E-state index in [1.54, 1.807) is 0 Å². The number of likely N-dealkylation sites (tertiary alicyclic amines) is 1. The van der Waals surface area contributed by atoms with Crippen LogP contribution in [0.4, 0.5) is 0 Å². The normalized spacial score (nSPS) is 26.0. The van der Waals surface area contributed by atoms with Crippen LogP contribution in [-0.4, -0.2) is 63.9 Å². The van der Waals surface area contributed by atoms with E-state index in [2.05, 4.69) is 42.9 Å². The number of nitrogens with zero attached hydrogens (tertiary/aromatic N) is 3. The number of carbonyl (C=O) groups is 2. The molecule has 4 atom stereocenters. The number of fused-ring (bicyclic) bond motifs is 1. The molecule has 1 saturated heterocycles. The molecule has 0 unspecified atom stereocenters. The summed E-state index contributed by atoms with van der Waals surface area (Å²) in [4.78, 5) is 31.1. The molecule has 0 spiro atoms. The van der Waals surface area contributed by atoms with E-state index in [0.29, 0.717) is 36.0 Å². The Morgan fingerprint density at radius 2 is 1.97 bits per heavy atom. The summed E-state index contributed by atoms with van der Waals surface area (Å²) >= 11 is 0. The van der Waals surface area contributed by atoms with Gasteiger partial charge in [-0.05, 0) is 65.0 Å². The smallest absolute Gasteiger partial charge is 0.254 e. The highest BCUT2D eigenvalue weighted by molar-refractivity contribution is 6.08. The summed E-state index contributed by atoms with van der Waals surface area (Å²) in [5, 5.41) is 3.98. The van der Waals surface area contributed by atoms with Crippen LogP contribution < -0.4 is 5.32 Å². The predicted octanol–water partition coefficient (Wildman–Crippen LogP) is 4.19. The lowest BCUT2D eigenvalue weighted by atomic mass is 9.77. The molecule has 1 saturated carbocycles. The maximum absolute atomic E-state index is 13.4. The van der Waals surface area contributed by atoms with E-state index in [1.807, 2.05) is 42.1 Å². The summed E-state index contributed by atoms with van der Waals surface area (Å²) in [5.41, 5.74) is 1.66. The van der Waals surface area contributed by atoms with Crippen molar-refractivity contribution >= 4 is 22.7 Å². The quantitative estimate of drug-likeness (QED) is 0.685. The largest absolute Gasteiger partial charge is 0.350 e. The second-order valence-corrected chi connectivity index (χ2v) is 10.4. The van der Waals surface area contributed by atoms with Gasteiger partial charge in [-0.15, -0.1) is 0 Å². The number of hydrogen-bond donors (Lipinski definition) is 1. The Kier molecular flexibility index (Phi) is 7.13. The van der Waals surface area contributed by atoms with Crippen LogP contribution in [0.25, 0.3) is 10.9 Å². The van der Waals surface area contributed by atoms with E-state index >= 15 is 0 Å². The van der Waals surface area contributed by atoms with Crippen molar-refractivity contribution in [3.8, 4) is 0 Å². The molecule has 2 aliphatic rings. The summed E-state index contributed by atoms with van der Waals surface area (Å²) in [6.45, 7) is 7.50. The van der Waals surface area contributed by atoms with Crippen LogP contribution in [0.5, 0.6) is 0 Å². The second-order valence-electron chi connectivity index (χ2n) is 10.4. The van der Waals surface area contributed by atoms with E-state index in [0.717, 1.165) is 49.6 Å². The zero-order valence-electron chi connectivity index (χ0n) is 20.9. The average molecular weight is 453 g/mol. The van der Waals surface area contributed by atoms with E-state index in [-0.39, 0.29) is 11.8 Å². The van der Waals surface area contributed by atoms with Gasteiger partial charge in [0.25, 0.3) is 5.91 Å². The van der Waals surface area contributed by atoms with Crippen molar-refractivity contribution in [2.45, 2.75) is 83.5 Å². The Bertz CT molecular complexity index is 997.